The average molecular weight is 278 g/mol. The van der Waals surface area contributed by atoms with Crippen molar-refractivity contribution in [2.24, 2.45) is 0 Å². The van der Waals surface area contributed by atoms with Crippen molar-refractivity contribution in [3.63, 3.8) is 0 Å². The summed E-state index contributed by atoms with van der Waals surface area (Å²) in [7, 11) is 0. The van der Waals surface area contributed by atoms with Gasteiger partial charge in [0.1, 0.15) is 5.75 Å². The monoisotopic (exact) mass is 278 g/mol. The highest BCUT2D eigenvalue weighted by Crippen LogP contribution is 2.30. The number of rotatable bonds is 6. The van der Waals surface area contributed by atoms with E-state index < -0.39 is 5.97 Å². The van der Waals surface area contributed by atoms with E-state index in [1.54, 1.807) is 0 Å². The summed E-state index contributed by atoms with van der Waals surface area (Å²) in [6, 6.07) is 5.72. The minimum atomic E-state index is -0.784. The van der Waals surface area contributed by atoms with Gasteiger partial charge < -0.3 is 20.5 Å². The number of carboxylic acid groups (broad SMARTS) is 1. The molecule has 1 aromatic rings. The van der Waals surface area contributed by atoms with Crippen LogP contribution in [0.25, 0.3) is 0 Å². The molecule has 0 fully saturated rings. The van der Waals surface area contributed by atoms with Crippen LogP contribution >= 0.6 is 0 Å². The maximum Gasteiger partial charge on any atom is 0.303 e. The summed E-state index contributed by atoms with van der Waals surface area (Å²) < 4.78 is 5.30. The van der Waals surface area contributed by atoms with Crippen molar-refractivity contribution in [3.8, 4) is 5.75 Å². The number of carboxylic acids is 1. The summed E-state index contributed by atoms with van der Waals surface area (Å²) in [5, 5.41) is 14.6. The third-order valence-corrected chi connectivity index (χ3v) is 3.15. The normalized spacial score (nSPS) is 14.9. The number of ether oxygens (including phenoxy) is 1. The van der Waals surface area contributed by atoms with Gasteiger partial charge in [0.15, 0.2) is 6.61 Å². The standard InChI is InChI=1S/C14H18N2O4/c1-9(15-6-2-3-14(18)19)10-4-5-12-11(7-10)16-13(17)8-20-12/h4-5,7,9,15H,2-3,6,8H2,1H3,(H,16,17)(H,18,19). The summed E-state index contributed by atoms with van der Waals surface area (Å²) in [6.45, 7) is 2.68. The largest absolute Gasteiger partial charge is 0.482 e. The molecule has 1 aliphatic rings. The van der Waals surface area contributed by atoms with E-state index in [4.69, 9.17) is 9.84 Å². The minimum absolute atomic E-state index is 0.0509. The van der Waals surface area contributed by atoms with Crippen LogP contribution in [0, 0.1) is 0 Å². The second-order valence-electron chi connectivity index (χ2n) is 4.77. The second kappa shape index (κ2) is 6.38. The zero-order valence-electron chi connectivity index (χ0n) is 11.3. The van der Waals surface area contributed by atoms with Crippen molar-refractivity contribution in [1.82, 2.24) is 5.32 Å². The molecule has 0 aromatic heterocycles. The third-order valence-electron chi connectivity index (χ3n) is 3.15. The van der Waals surface area contributed by atoms with Gasteiger partial charge in [-0.05, 0) is 37.6 Å². The molecular formula is C14H18N2O4. The molecule has 2 rings (SSSR count). The zero-order chi connectivity index (χ0) is 14.5. The Hall–Kier alpha value is -2.08. The van der Waals surface area contributed by atoms with Crippen molar-refractivity contribution in [1.29, 1.82) is 0 Å². The van der Waals surface area contributed by atoms with Gasteiger partial charge in [-0.25, -0.2) is 0 Å². The molecule has 1 heterocycles. The zero-order valence-corrected chi connectivity index (χ0v) is 11.3. The fourth-order valence-corrected chi connectivity index (χ4v) is 2.05. The molecule has 0 aliphatic carbocycles. The van der Waals surface area contributed by atoms with Crippen LogP contribution in [0.1, 0.15) is 31.4 Å². The number of anilines is 1. The number of carbonyl (C=O) groups is 2. The third kappa shape index (κ3) is 3.71. The van der Waals surface area contributed by atoms with Crippen LogP contribution < -0.4 is 15.4 Å². The SMILES string of the molecule is CC(NCCCC(=O)O)c1ccc2c(c1)NC(=O)CO2. The van der Waals surface area contributed by atoms with E-state index in [2.05, 4.69) is 10.6 Å². The summed E-state index contributed by atoms with van der Waals surface area (Å²) in [5.74, 6) is -0.267. The van der Waals surface area contributed by atoms with E-state index in [9.17, 15) is 9.59 Å². The van der Waals surface area contributed by atoms with Crippen molar-refractivity contribution < 1.29 is 19.4 Å². The Labute approximate surface area is 117 Å². The molecule has 0 spiro atoms. The Balaban J connectivity index is 1.93. The van der Waals surface area contributed by atoms with Gasteiger partial charge >= 0.3 is 5.97 Å². The number of amides is 1. The van der Waals surface area contributed by atoms with Crippen LogP contribution in [-0.2, 0) is 9.59 Å². The highest BCUT2D eigenvalue weighted by molar-refractivity contribution is 5.95. The number of carbonyl (C=O) groups excluding carboxylic acids is 1. The predicted molar refractivity (Wildman–Crippen MR) is 73.9 cm³/mol. The number of fused-ring (bicyclic) bond motifs is 1. The topological polar surface area (TPSA) is 87.7 Å². The minimum Gasteiger partial charge on any atom is -0.482 e. The molecule has 3 N–H and O–H groups in total. The summed E-state index contributed by atoms with van der Waals surface area (Å²) in [6.07, 6.45) is 0.748. The molecule has 0 saturated carbocycles. The molecule has 20 heavy (non-hydrogen) atoms. The van der Waals surface area contributed by atoms with E-state index in [0.29, 0.717) is 24.4 Å². The van der Waals surface area contributed by atoms with E-state index in [-0.39, 0.29) is 25.0 Å². The van der Waals surface area contributed by atoms with Crippen LogP contribution in [0.15, 0.2) is 18.2 Å². The van der Waals surface area contributed by atoms with Crippen LogP contribution in [0.5, 0.6) is 5.75 Å². The van der Waals surface area contributed by atoms with Crippen molar-refractivity contribution >= 4 is 17.6 Å². The summed E-state index contributed by atoms with van der Waals surface area (Å²) in [5.41, 5.74) is 1.70. The van der Waals surface area contributed by atoms with Crippen LogP contribution in [0.4, 0.5) is 5.69 Å². The van der Waals surface area contributed by atoms with Crippen LogP contribution in [0.3, 0.4) is 0 Å². The van der Waals surface area contributed by atoms with E-state index in [1.165, 1.54) is 0 Å². The summed E-state index contributed by atoms with van der Waals surface area (Å²) >= 11 is 0. The quantitative estimate of drug-likeness (QED) is 0.687. The molecule has 108 valence electrons. The van der Waals surface area contributed by atoms with Gasteiger partial charge in [-0.1, -0.05) is 6.07 Å². The fraction of sp³-hybridized carbons (Fsp3) is 0.429. The fourth-order valence-electron chi connectivity index (χ4n) is 2.05. The van der Waals surface area contributed by atoms with Gasteiger partial charge in [-0.3, -0.25) is 9.59 Å². The lowest BCUT2D eigenvalue weighted by atomic mass is 10.1. The molecule has 1 atom stereocenters. The molecule has 0 radical (unpaired) electrons. The maximum atomic E-state index is 11.3. The lowest BCUT2D eigenvalue weighted by Crippen LogP contribution is -2.26. The van der Waals surface area contributed by atoms with E-state index in [1.807, 2.05) is 25.1 Å². The lowest BCUT2D eigenvalue weighted by molar-refractivity contribution is -0.137. The first-order valence-electron chi connectivity index (χ1n) is 6.58. The van der Waals surface area contributed by atoms with Crippen LogP contribution in [0.2, 0.25) is 0 Å². The molecule has 1 unspecified atom stereocenters. The Morgan fingerprint density at radius 3 is 3.10 bits per heavy atom. The molecule has 1 aliphatic heterocycles. The molecular weight excluding hydrogens is 260 g/mol. The first-order chi connectivity index (χ1) is 9.56. The van der Waals surface area contributed by atoms with Crippen molar-refractivity contribution in [2.75, 3.05) is 18.5 Å². The number of aliphatic carboxylic acids is 1. The Morgan fingerprint density at radius 2 is 2.35 bits per heavy atom. The predicted octanol–water partition coefficient (Wildman–Crippen LogP) is 1.53. The van der Waals surface area contributed by atoms with Crippen molar-refractivity contribution in [2.45, 2.75) is 25.8 Å². The Kier molecular flexibility index (Phi) is 4.57. The van der Waals surface area contributed by atoms with E-state index >= 15 is 0 Å². The van der Waals surface area contributed by atoms with Gasteiger partial charge in [0.2, 0.25) is 0 Å². The molecule has 6 heteroatoms. The first kappa shape index (κ1) is 14.3. The van der Waals surface area contributed by atoms with Gasteiger partial charge in [0.05, 0.1) is 5.69 Å². The molecule has 0 saturated heterocycles. The smallest absolute Gasteiger partial charge is 0.303 e. The van der Waals surface area contributed by atoms with Gasteiger partial charge in [0, 0.05) is 12.5 Å². The Morgan fingerprint density at radius 1 is 1.55 bits per heavy atom. The molecule has 6 nitrogen and oxygen atoms in total. The lowest BCUT2D eigenvalue weighted by Gasteiger charge is -2.21. The summed E-state index contributed by atoms with van der Waals surface area (Å²) in [4.78, 5) is 21.7. The van der Waals surface area contributed by atoms with Gasteiger partial charge in [-0.15, -0.1) is 0 Å². The number of hydrogen-bond donors (Lipinski definition) is 3. The number of hydrogen-bond acceptors (Lipinski definition) is 4. The van der Waals surface area contributed by atoms with Crippen LogP contribution in [-0.4, -0.2) is 30.1 Å². The highest BCUT2D eigenvalue weighted by Gasteiger charge is 2.17. The highest BCUT2D eigenvalue weighted by atomic mass is 16.5. The van der Waals surface area contributed by atoms with Gasteiger partial charge in [-0.2, -0.15) is 0 Å². The van der Waals surface area contributed by atoms with E-state index in [0.717, 1.165) is 5.56 Å². The van der Waals surface area contributed by atoms with Gasteiger partial charge in [0.25, 0.3) is 5.91 Å². The first-order valence-corrected chi connectivity index (χ1v) is 6.58. The van der Waals surface area contributed by atoms with Crippen molar-refractivity contribution in [3.05, 3.63) is 23.8 Å². The Bertz CT molecular complexity index is 516. The number of nitrogens with one attached hydrogen (secondary N) is 2. The molecule has 1 amide bonds. The second-order valence-corrected chi connectivity index (χ2v) is 4.77. The molecule has 1 aromatic carbocycles. The number of benzene rings is 1. The molecule has 0 bridgehead atoms. The average Bonchev–Trinajstić information content (AvgIpc) is 2.42. The maximum absolute atomic E-state index is 11.3.